The molecule has 4 nitrogen and oxygen atoms in total. The summed E-state index contributed by atoms with van der Waals surface area (Å²) in [4.78, 5) is 22.1. The van der Waals surface area contributed by atoms with Gasteiger partial charge in [-0.25, -0.2) is 0 Å². The van der Waals surface area contributed by atoms with Gasteiger partial charge in [-0.2, -0.15) is 13.2 Å². The Morgan fingerprint density at radius 3 is 2.19 bits per heavy atom. The third-order valence-corrected chi connectivity index (χ3v) is 2.80. The number of amides is 1. The summed E-state index contributed by atoms with van der Waals surface area (Å²) in [5, 5.41) is 10.9. The molecular weight excluding hydrogens is 247 g/mol. The molecule has 0 radical (unpaired) electrons. The fraction of sp³-hybridized carbons (Fsp3) is 0.750. The lowest BCUT2D eigenvalue weighted by Gasteiger charge is -2.22. The molecule has 0 aromatic heterocycles. The van der Waals surface area contributed by atoms with E-state index in [0.29, 0.717) is 0 Å². The average Bonchev–Trinajstić information content (AvgIpc) is 2.13. The monoisotopic (exact) mass is 259 g/mol. The zero-order valence-electron chi connectivity index (χ0n) is 8.72. The maximum atomic E-state index is 11.8. The molecule has 0 aromatic rings. The third-order valence-electron chi connectivity index (χ3n) is 2.07. The Labute approximate surface area is 94.6 Å². The molecule has 0 saturated heterocycles. The van der Waals surface area contributed by atoms with Crippen LogP contribution in [0.25, 0.3) is 0 Å². The van der Waals surface area contributed by atoms with Crippen LogP contribution in [0.3, 0.4) is 0 Å². The highest BCUT2D eigenvalue weighted by atomic mass is 32.2. The van der Waals surface area contributed by atoms with E-state index in [9.17, 15) is 22.8 Å². The van der Waals surface area contributed by atoms with Crippen molar-refractivity contribution < 1.29 is 27.9 Å². The van der Waals surface area contributed by atoms with E-state index in [1.54, 1.807) is 0 Å². The number of nitrogens with one attached hydrogen (secondary N) is 1. The van der Waals surface area contributed by atoms with Crippen LogP contribution in [-0.4, -0.2) is 35.3 Å². The molecule has 1 amide bonds. The van der Waals surface area contributed by atoms with Crippen LogP contribution in [0.15, 0.2) is 0 Å². The second kappa shape index (κ2) is 5.42. The van der Waals surface area contributed by atoms with E-state index in [4.69, 9.17) is 5.11 Å². The molecule has 0 heterocycles. The number of rotatable bonds is 5. The van der Waals surface area contributed by atoms with Crippen LogP contribution in [0.4, 0.5) is 13.2 Å². The molecule has 0 aliphatic rings. The molecule has 0 aliphatic carbocycles. The van der Waals surface area contributed by atoms with Crippen LogP contribution in [0, 0.1) is 5.41 Å². The van der Waals surface area contributed by atoms with Crippen molar-refractivity contribution >= 4 is 23.6 Å². The Balaban J connectivity index is 4.48. The first kappa shape index (κ1) is 15.1. The molecule has 0 fully saturated rings. The standard InChI is InChI=1S/C8H12F3NO3S/c1-7(6(14)15,5(13)12-2)3-4-16-8(9,10)11/h3-4H2,1-2H3,(H,12,13)(H,14,15). The van der Waals surface area contributed by atoms with Gasteiger partial charge in [0.1, 0.15) is 5.41 Å². The first-order valence-electron chi connectivity index (χ1n) is 4.30. The van der Waals surface area contributed by atoms with E-state index >= 15 is 0 Å². The Morgan fingerprint density at radius 1 is 1.38 bits per heavy atom. The second-order valence-corrected chi connectivity index (χ2v) is 4.42. The molecule has 16 heavy (non-hydrogen) atoms. The molecule has 0 bridgehead atoms. The van der Waals surface area contributed by atoms with Crippen molar-refractivity contribution in [3.8, 4) is 0 Å². The summed E-state index contributed by atoms with van der Waals surface area (Å²) in [7, 11) is 1.24. The fourth-order valence-corrected chi connectivity index (χ4v) is 1.71. The highest BCUT2D eigenvalue weighted by Crippen LogP contribution is 2.33. The average molecular weight is 259 g/mol. The number of hydrogen-bond donors (Lipinski definition) is 2. The van der Waals surface area contributed by atoms with Gasteiger partial charge in [0, 0.05) is 12.8 Å². The summed E-state index contributed by atoms with van der Waals surface area (Å²) in [6.07, 6.45) is -0.383. The van der Waals surface area contributed by atoms with Gasteiger partial charge in [0.15, 0.2) is 0 Å². The van der Waals surface area contributed by atoms with Gasteiger partial charge in [-0.1, -0.05) is 11.8 Å². The van der Waals surface area contributed by atoms with Crippen molar-refractivity contribution in [3.63, 3.8) is 0 Å². The van der Waals surface area contributed by atoms with Gasteiger partial charge < -0.3 is 10.4 Å². The van der Waals surface area contributed by atoms with E-state index in [1.165, 1.54) is 7.05 Å². The molecule has 2 N–H and O–H groups in total. The zero-order chi connectivity index (χ0) is 13.0. The summed E-state index contributed by atoms with van der Waals surface area (Å²) < 4.78 is 35.5. The van der Waals surface area contributed by atoms with Crippen LogP contribution < -0.4 is 5.32 Å². The summed E-state index contributed by atoms with van der Waals surface area (Å²) in [5.74, 6) is -2.71. The minimum Gasteiger partial charge on any atom is -0.480 e. The largest absolute Gasteiger partial charge is 0.480 e. The van der Waals surface area contributed by atoms with E-state index in [2.05, 4.69) is 5.32 Å². The molecule has 0 aliphatic heterocycles. The topological polar surface area (TPSA) is 66.4 Å². The molecule has 0 rings (SSSR count). The third kappa shape index (κ3) is 4.30. The van der Waals surface area contributed by atoms with Gasteiger partial charge in [0.2, 0.25) is 5.91 Å². The number of halogens is 3. The van der Waals surface area contributed by atoms with Crippen LogP contribution in [0.2, 0.25) is 0 Å². The number of thioether (sulfide) groups is 1. The Bertz CT molecular complexity index is 282. The maximum Gasteiger partial charge on any atom is 0.441 e. The number of carbonyl (C=O) groups is 2. The molecule has 0 aromatic carbocycles. The van der Waals surface area contributed by atoms with Crippen molar-refractivity contribution in [2.24, 2.45) is 5.41 Å². The summed E-state index contributed by atoms with van der Waals surface area (Å²) in [6.45, 7) is 1.10. The lowest BCUT2D eigenvalue weighted by atomic mass is 9.87. The van der Waals surface area contributed by atoms with Crippen LogP contribution >= 0.6 is 11.8 Å². The number of alkyl halides is 3. The second-order valence-electron chi connectivity index (χ2n) is 3.26. The smallest absolute Gasteiger partial charge is 0.441 e. The minimum atomic E-state index is -4.41. The quantitative estimate of drug-likeness (QED) is 0.734. The molecule has 0 spiro atoms. The molecule has 8 heteroatoms. The van der Waals surface area contributed by atoms with E-state index in [1.807, 2.05) is 0 Å². The number of aliphatic carboxylic acids is 1. The predicted octanol–water partition coefficient (Wildman–Crippen LogP) is 1.47. The SMILES string of the molecule is CNC(=O)C(C)(CCSC(F)(F)F)C(=O)O. The van der Waals surface area contributed by atoms with Gasteiger partial charge in [-0.05, 0) is 13.3 Å². The Hall–Kier alpha value is -0.920. The summed E-state index contributed by atoms with van der Waals surface area (Å²) in [5.41, 5.74) is -6.24. The highest BCUT2D eigenvalue weighted by Gasteiger charge is 2.41. The maximum absolute atomic E-state index is 11.8. The van der Waals surface area contributed by atoms with E-state index < -0.39 is 28.6 Å². The van der Waals surface area contributed by atoms with Crippen molar-refractivity contribution in [3.05, 3.63) is 0 Å². The predicted molar refractivity (Wildman–Crippen MR) is 52.9 cm³/mol. The lowest BCUT2D eigenvalue weighted by Crippen LogP contribution is -2.43. The van der Waals surface area contributed by atoms with Gasteiger partial charge in [0.05, 0.1) is 0 Å². The first-order chi connectivity index (χ1) is 7.13. The fourth-order valence-electron chi connectivity index (χ4n) is 0.964. The summed E-state index contributed by atoms with van der Waals surface area (Å²) in [6, 6.07) is 0. The highest BCUT2D eigenvalue weighted by molar-refractivity contribution is 8.00. The molecule has 94 valence electrons. The first-order valence-corrected chi connectivity index (χ1v) is 5.28. The summed E-state index contributed by atoms with van der Waals surface area (Å²) >= 11 is -0.338. The van der Waals surface area contributed by atoms with Crippen molar-refractivity contribution in [2.75, 3.05) is 12.8 Å². The number of carbonyl (C=O) groups excluding carboxylic acids is 1. The minimum absolute atomic E-state index is 0.338. The Morgan fingerprint density at radius 2 is 1.88 bits per heavy atom. The zero-order valence-corrected chi connectivity index (χ0v) is 9.54. The van der Waals surface area contributed by atoms with Crippen LogP contribution in [0.5, 0.6) is 0 Å². The van der Waals surface area contributed by atoms with Crippen LogP contribution in [0.1, 0.15) is 13.3 Å². The molecular formula is C8H12F3NO3S. The van der Waals surface area contributed by atoms with Gasteiger partial charge in [-0.15, -0.1) is 0 Å². The number of carboxylic acids is 1. The molecule has 0 saturated carbocycles. The van der Waals surface area contributed by atoms with Crippen molar-refractivity contribution in [1.29, 1.82) is 0 Å². The van der Waals surface area contributed by atoms with Gasteiger partial charge in [-0.3, -0.25) is 9.59 Å². The Kier molecular flexibility index (Phi) is 5.11. The van der Waals surface area contributed by atoms with E-state index in [-0.39, 0.29) is 18.2 Å². The lowest BCUT2D eigenvalue weighted by molar-refractivity contribution is -0.154. The van der Waals surface area contributed by atoms with E-state index in [0.717, 1.165) is 6.92 Å². The normalized spacial score (nSPS) is 15.3. The molecule has 1 atom stereocenters. The van der Waals surface area contributed by atoms with Gasteiger partial charge >= 0.3 is 11.5 Å². The van der Waals surface area contributed by atoms with Crippen molar-refractivity contribution in [2.45, 2.75) is 18.9 Å². The van der Waals surface area contributed by atoms with Gasteiger partial charge in [0.25, 0.3) is 0 Å². The molecule has 1 unspecified atom stereocenters. The van der Waals surface area contributed by atoms with Crippen LogP contribution in [-0.2, 0) is 9.59 Å². The van der Waals surface area contributed by atoms with Crippen molar-refractivity contribution in [1.82, 2.24) is 5.32 Å². The number of carboxylic acid groups (broad SMARTS) is 1. The number of hydrogen-bond acceptors (Lipinski definition) is 3.